The molecule has 0 aliphatic heterocycles. The van der Waals surface area contributed by atoms with E-state index in [4.69, 9.17) is 5.14 Å². The van der Waals surface area contributed by atoms with Gasteiger partial charge < -0.3 is 4.90 Å². The van der Waals surface area contributed by atoms with Gasteiger partial charge in [0.05, 0.1) is 4.90 Å². The van der Waals surface area contributed by atoms with E-state index < -0.39 is 10.0 Å². The van der Waals surface area contributed by atoms with E-state index in [0.29, 0.717) is 22.1 Å². The summed E-state index contributed by atoms with van der Waals surface area (Å²) in [6.45, 7) is 4.29. The minimum Gasteiger partial charge on any atom is -0.342 e. The number of carbonyl (C=O) groups is 1. The molecule has 0 spiro atoms. The SMILES string of the molecule is CCCN(C)C(=O)c1cc(C)c(Br)c(S(N)(=O)=O)c1. The van der Waals surface area contributed by atoms with Crippen molar-refractivity contribution < 1.29 is 13.2 Å². The Morgan fingerprint density at radius 2 is 2.00 bits per heavy atom. The van der Waals surface area contributed by atoms with Crippen LogP contribution in [0.4, 0.5) is 0 Å². The van der Waals surface area contributed by atoms with Gasteiger partial charge in [-0.3, -0.25) is 4.79 Å². The predicted octanol–water partition coefficient (Wildman–Crippen LogP) is 1.89. The standard InChI is InChI=1S/C12H17BrN2O3S/c1-4-5-15(3)12(16)9-6-8(2)11(13)10(7-9)19(14,17)18/h6-7H,4-5H2,1-3H3,(H2,14,17,18). The lowest BCUT2D eigenvalue weighted by Crippen LogP contribution is -2.28. The number of primary sulfonamides is 1. The van der Waals surface area contributed by atoms with E-state index in [1.54, 1.807) is 24.9 Å². The van der Waals surface area contributed by atoms with Crippen LogP contribution in [0.25, 0.3) is 0 Å². The Labute approximate surface area is 122 Å². The van der Waals surface area contributed by atoms with Gasteiger partial charge in [-0.1, -0.05) is 6.92 Å². The summed E-state index contributed by atoms with van der Waals surface area (Å²) in [5.74, 6) is -0.220. The number of hydrogen-bond donors (Lipinski definition) is 1. The molecule has 0 bridgehead atoms. The Morgan fingerprint density at radius 1 is 1.42 bits per heavy atom. The molecule has 19 heavy (non-hydrogen) atoms. The minimum atomic E-state index is -3.87. The molecule has 0 aliphatic rings. The highest BCUT2D eigenvalue weighted by Gasteiger charge is 2.19. The molecule has 0 atom stereocenters. The molecular weight excluding hydrogens is 332 g/mol. The number of sulfonamides is 1. The summed E-state index contributed by atoms with van der Waals surface area (Å²) in [5, 5.41) is 5.15. The molecular formula is C12H17BrN2O3S. The maximum atomic E-state index is 12.2. The average molecular weight is 349 g/mol. The molecule has 0 radical (unpaired) electrons. The predicted molar refractivity (Wildman–Crippen MR) is 77.5 cm³/mol. The van der Waals surface area contributed by atoms with Crippen molar-refractivity contribution in [1.82, 2.24) is 4.90 Å². The molecule has 0 unspecified atom stereocenters. The summed E-state index contributed by atoms with van der Waals surface area (Å²) in [6.07, 6.45) is 0.833. The van der Waals surface area contributed by atoms with Gasteiger partial charge in [-0.15, -0.1) is 0 Å². The second-order valence-corrected chi connectivity index (χ2v) is 6.70. The fourth-order valence-electron chi connectivity index (χ4n) is 1.73. The Kier molecular flexibility index (Phi) is 5.11. The number of nitrogens with two attached hydrogens (primary N) is 1. The van der Waals surface area contributed by atoms with Gasteiger partial charge in [-0.05, 0) is 47.0 Å². The lowest BCUT2D eigenvalue weighted by Gasteiger charge is -2.17. The van der Waals surface area contributed by atoms with E-state index in [0.717, 1.165) is 6.42 Å². The van der Waals surface area contributed by atoms with Crippen LogP contribution in [0, 0.1) is 6.92 Å². The molecule has 7 heteroatoms. The van der Waals surface area contributed by atoms with Gasteiger partial charge in [0.1, 0.15) is 0 Å². The van der Waals surface area contributed by atoms with E-state index in [9.17, 15) is 13.2 Å². The second-order valence-electron chi connectivity index (χ2n) is 4.38. The van der Waals surface area contributed by atoms with Crippen molar-refractivity contribution in [3.63, 3.8) is 0 Å². The molecule has 1 aromatic carbocycles. The van der Waals surface area contributed by atoms with Crippen molar-refractivity contribution in [2.75, 3.05) is 13.6 Å². The van der Waals surface area contributed by atoms with Gasteiger partial charge in [0, 0.05) is 23.6 Å². The number of benzene rings is 1. The summed E-state index contributed by atoms with van der Waals surface area (Å²) in [7, 11) is -2.19. The first kappa shape index (κ1) is 16.1. The smallest absolute Gasteiger partial charge is 0.253 e. The van der Waals surface area contributed by atoms with Crippen LogP contribution in [0.2, 0.25) is 0 Å². The summed E-state index contributed by atoms with van der Waals surface area (Å²) < 4.78 is 23.4. The number of hydrogen-bond acceptors (Lipinski definition) is 3. The fourth-order valence-corrected chi connectivity index (χ4v) is 3.33. The monoisotopic (exact) mass is 348 g/mol. The zero-order valence-corrected chi connectivity index (χ0v) is 13.5. The maximum absolute atomic E-state index is 12.2. The topological polar surface area (TPSA) is 80.5 Å². The van der Waals surface area contributed by atoms with Gasteiger partial charge in [0.25, 0.3) is 5.91 Å². The van der Waals surface area contributed by atoms with Crippen LogP contribution >= 0.6 is 15.9 Å². The van der Waals surface area contributed by atoms with Crippen LogP contribution in [0.5, 0.6) is 0 Å². The first-order valence-corrected chi connectivity index (χ1v) is 8.10. The number of rotatable bonds is 4. The third-order valence-electron chi connectivity index (χ3n) is 2.68. The molecule has 0 fully saturated rings. The van der Waals surface area contributed by atoms with Crippen LogP contribution in [0.15, 0.2) is 21.5 Å². The molecule has 1 rings (SSSR count). The van der Waals surface area contributed by atoms with Crippen molar-refractivity contribution in [3.05, 3.63) is 27.7 Å². The summed E-state index contributed by atoms with van der Waals surface area (Å²) in [4.78, 5) is 13.6. The van der Waals surface area contributed by atoms with Crippen molar-refractivity contribution in [1.29, 1.82) is 0 Å². The highest BCUT2D eigenvalue weighted by molar-refractivity contribution is 9.10. The van der Waals surface area contributed by atoms with Gasteiger partial charge in [-0.2, -0.15) is 0 Å². The van der Waals surface area contributed by atoms with Gasteiger partial charge in [-0.25, -0.2) is 13.6 Å². The van der Waals surface area contributed by atoms with Crippen LogP contribution < -0.4 is 5.14 Å². The van der Waals surface area contributed by atoms with E-state index in [-0.39, 0.29) is 10.8 Å². The second kappa shape index (κ2) is 6.02. The molecule has 106 valence electrons. The molecule has 1 aromatic rings. The Hall–Kier alpha value is -0.920. The number of carbonyl (C=O) groups excluding carboxylic acids is 1. The molecule has 1 amide bonds. The van der Waals surface area contributed by atoms with E-state index in [2.05, 4.69) is 15.9 Å². The summed E-state index contributed by atoms with van der Waals surface area (Å²) in [6, 6.07) is 2.95. The number of halogens is 1. The van der Waals surface area contributed by atoms with Gasteiger partial charge in [0.2, 0.25) is 10.0 Å². The Balaban J connectivity index is 3.33. The summed E-state index contributed by atoms with van der Waals surface area (Å²) >= 11 is 3.18. The zero-order valence-electron chi connectivity index (χ0n) is 11.1. The zero-order chi connectivity index (χ0) is 14.8. The van der Waals surface area contributed by atoms with Gasteiger partial charge in [0.15, 0.2) is 0 Å². The number of nitrogens with zero attached hydrogens (tertiary/aromatic N) is 1. The van der Waals surface area contributed by atoms with Crippen LogP contribution in [-0.2, 0) is 10.0 Å². The molecule has 0 heterocycles. The van der Waals surface area contributed by atoms with E-state index in [1.165, 1.54) is 6.07 Å². The third kappa shape index (κ3) is 3.77. The van der Waals surface area contributed by atoms with Crippen LogP contribution in [0.1, 0.15) is 29.3 Å². The Morgan fingerprint density at radius 3 is 2.47 bits per heavy atom. The molecule has 5 nitrogen and oxygen atoms in total. The number of amides is 1. The first-order valence-electron chi connectivity index (χ1n) is 5.77. The molecule has 0 saturated carbocycles. The first-order chi connectivity index (χ1) is 8.68. The maximum Gasteiger partial charge on any atom is 0.253 e. The average Bonchev–Trinajstić information content (AvgIpc) is 2.30. The number of aryl methyl sites for hydroxylation is 1. The highest BCUT2D eigenvalue weighted by Crippen LogP contribution is 2.26. The third-order valence-corrected chi connectivity index (χ3v) is 4.93. The Bertz CT molecular complexity index is 599. The van der Waals surface area contributed by atoms with Crippen molar-refractivity contribution >= 4 is 31.9 Å². The van der Waals surface area contributed by atoms with Crippen LogP contribution in [0.3, 0.4) is 0 Å². The van der Waals surface area contributed by atoms with Crippen molar-refractivity contribution in [3.8, 4) is 0 Å². The molecule has 0 aliphatic carbocycles. The largest absolute Gasteiger partial charge is 0.342 e. The molecule has 0 saturated heterocycles. The normalized spacial score (nSPS) is 11.4. The highest BCUT2D eigenvalue weighted by atomic mass is 79.9. The summed E-state index contributed by atoms with van der Waals surface area (Å²) in [5.41, 5.74) is 0.973. The molecule has 2 N–H and O–H groups in total. The van der Waals surface area contributed by atoms with Crippen molar-refractivity contribution in [2.24, 2.45) is 5.14 Å². The minimum absolute atomic E-state index is 0.0688. The van der Waals surface area contributed by atoms with Gasteiger partial charge >= 0.3 is 0 Å². The molecule has 0 aromatic heterocycles. The van der Waals surface area contributed by atoms with E-state index >= 15 is 0 Å². The lowest BCUT2D eigenvalue weighted by atomic mass is 10.1. The lowest BCUT2D eigenvalue weighted by molar-refractivity contribution is 0.0795. The van der Waals surface area contributed by atoms with Crippen LogP contribution in [-0.4, -0.2) is 32.8 Å². The van der Waals surface area contributed by atoms with Crippen molar-refractivity contribution in [2.45, 2.75) is 25.2 Å². The van der Waals surface area contributed by atoms with E-state index in [1.807, 2.05) is 6.92 Å². The quantitative estimate of drug-likeness (QED) is 0.901. The fraction of sp³-hybridized carbons (Fsp3) is 0.417.